The van der Waals surface area contributed by atoms with Crippen LogP contribution >= 0.6 is 0 Å². The van der Waals surface area contributed by atoms with Crippen molar-refractivity contribution in [2.75, 3.05) is 6.54 Å². The van der Waals surface area contributed by atoms with E-state index >= 15 is 0 Å². The van der Waals surface area contributed by atoms with Gasteiger partial charge in [-0.25, -0.2) is 0 Å². The molecule has 0 radical (unpaired) electrons. The Morgan fingerprint density at radius 2 is 2.23 bits per heavy atom. The fourth-order valence-electron chi connectivity index (χ4n) is 1.90. The van der Waals surface area contributed by atoms with Gasteiger partial charge in [-0.3, -0.25) is 4.79 Å². The van der Waals surface area contributed by atoms with Gasteiger partial charge < -0.3 is 15.1 Å². The lowest BCUT2D eigenvalue weighted by Gasteiger charge is -2.35. The second kappa shape index (κ2) is 4.58. The number of aliphatic hydroxyl groups is 2. The molecule has 1 rings (SSSR count). The lowest BCUT2D eigenvalue weighted by atomic mass is 9.99. The minimum absolute atomic E-state index is 0.0197. The average molecular weight is 187 g/mol. The summed E-state index contributed by atoms with van der Waals surface area (Å²) in [5.74, 6) is 0.0327. The van der Waals surface area contributed by atoms with E-state index in [1.165, 1.54) is 6.92 Å². The van der Waals surface area contributed by atoms with E-state index in [0.717, 1.165) is 25.8 Å². The van der Waals surface area contributed by atoms with Crippen LogP contribution in [0.25, 0.3) is 0 Å². The minimum Gasteiger partial charge on any atom is -0.368 e. The molecular weight excluding hydrogens is 170 g/mol. The number of carbonyl (C=O) groups excluding carboxylic acids is 1. The molecule has 0 bridgehead atoms. The highest BCUT2D eigenvalue weighted by atomic mass is 16.5. The van der Waals surface area contributed by atoms with Crippen molar-refractivity contribution in [2.24, 2.45) is 0 Å². The lowest BCUT2D eigenvalue weighted by molar-refractivity contribution is -0.135. The first kappa shape index (κ1) is 10.5. The van der Waals surface area contributed by atoms with Crippen LogP contribution < -0.4 is 0 Å². The first-order chi connectivity index (χ1) is 6.11. The highest BCUT2D eigenvalue weighted by Gasteiger charge is 2.25. The average Bonchev–Trinajstić information content (AvgIpc) is 2.03. The molecule has 1 aliphatic heterocycles. The second-order valence-electron chi connectivity index (χ2n) is 3.58. The van der Waals surface area contributed by atoms with Gasteiger partial charge in [-0.15, -0.1) is 0 Å². The molecule has 4 heteroatoms. The fraction of sp³-hybridized carbons (Fsp3) is 0.889. The molecule has 0 saturated carbocycles. The molecular formula is C9H17NO3. The number of hydrogen-bond donors (Lipinski definition) is 2. The zero-order valence-electron chi connectivity index (χ0n) is 7.94. The molecule has 1 unspecified atom stereocenters. The van der Waals surface area contributed by atoms with Crippen molar-refractivity contribution in [1.29, 1.82) is 0 Å². The highest BCUT2D eigenvalue weighted by Crippen LogP contribution is 2.20. The maximum Gasteiger partial charge on any atom is 0.219 e. The third-order valence-electron chi connectivity index (χ3n) is 2.51. The van der Waals surface area contributed by atoms with E-state index in [1.54, 1.807) is 4.90 Å². The van der Waals surface area contributed by atoms with Crippen molar-refractivity contribution in [2.45, 2.75) is 44.9 Å². The van der Waals surface area contributed by atoms with Crippen molar-refractivity contribution >= 4 is 5.91 Å². The fourth-order valence-corrected chi connectivity index (χ4v) is 1.90. The van der Waals surface area contributed by atoms with Crippen molar-refractivity contribution in [3.05, 3.63) is 0 Å². The van der Waals surface area contributed by atoms with Crippen LogP contribution in [-0.2, 0) is 4.79 Å². The van der Waals surface area contributed by atoms with Crippen LogP contribution in [0.5, 0.6) is 0 Å². The van der Waals surface area contributed by atoms with Crippen LogP contribution in [0.2, 0.25) is 0 Å². The van der Waals surface area contributed by atoms with Crippen LogP contribution in [0, 0.1) is 0 Å². The Kier molecular flexibility index (Phi) is 3.69. The van der Waals surface area contributed by atoms with Gasteiger partial charge in [0.2, 0.25) is 5.91 Å². The molecule has 76 valence electrons. The molecule has 0 spiro atoms. The summed E-state index contributed by atoms with van der Waals surface area (Å²) in [7, 11) is 0. The van der Waals surface area contributed by atoms with Crippen molar-refractivity contribution in [3.8, 4) is 0 Å². The number of likely N-dealkylation sites (tertiary alicyclic amines) is 1. The molecule has 1 aliphatic rings. The van der Waals surface area contributed by atoms with Gasteiger partial charge in [-0.2, -0.15) is 0 Å². The predicted molar refractivity (Wildman–Crippen MR) is 47.9 cm³/mol. The second-order valence-corrected chi connectivity index (χ2v) is 3.58. The molecule has 0 aromatic carbocycles. The summed E-state index contributed by atoms with van der Waals surface area (Å²) in [6.45, 7) is 2.29. The van der Waals surface area contributed by atoms with Crippen LogP contribution in [-0.4, -0.2) is 39.9 Å². The first-order valence-corrected chi connectivity index (χ1v) is 4.74. The summed E-state index contributed by atoms with van der Waals surface area (Å²) in [4.78, 5) is 12.9. The van der Waals surface area contributed by atoms with E-state index in [1.807, 2.05) is 0 Å². The van der Waals surface area contributed by atoms with E-state index in [9.17, 15) is 4.79 Å². The monoisotopic (exact) mass is 187 g/mol. The standard InChI is InChI=1S/C9H17NO3/c1-7(11)10-5-3-2-4-8(10)6-9(12)13/h8-9,12-13H,2-6H2,1H3. The van der Waals surface area contributed by atoms with E-state index in [0.29, 0.717) is 0 Å². The molecule has 1 atom stereocenters. The van der Waals surface area contributed by atoms with Gasteiger partial charge in [0.1, 0.15) is 0 Å². The number of aliphatic hydroxyl groups excluding tert-OH is 1. The Labute approximate surface area is 78.2 Å². The Morgan fingerprint density at radius 3 is 2.77 bits per heavy atom. The van der Waals surface area contributed by atoms with Crippen molar-refractivity contribution in [1.82, 2.24) is 4.90 Å². The number of hydrogen-bond acceptors (Lipinski definition) is 3. The minimum atomic E-state index is -1.30. The van der Waals surface area contributed by atoms with Crippen LogP contribution in [0.3, 0.4) is 0 Å². The molecule has 1 saturated heterocycles. The normalized spacial score (nSPS) is 23.7. The third-order valence-corrected chi connectivity index (χ3v) is 2.51. The molecule has 13 heavy (non-hydrogen) atoms. The maximum absolute atomic E-state index is 11.2. The van der Waals surface area contributed by atoms with Crippen molar-refractivity contribution < 1.29 is 15.0 Å². The zero-order valence-corrected chi connectivity index (χ0v) is 7.94. The largest absolute Gasteiger partial charge is 0.368 e. The topological polar surface area (TPSA) is 60.8 Å². The van der Waals surface area contributed by atoms with Gasteiger partial charge in [0.25, 0.3) is 0 Å². The van der Waals surface area contributed by atoms with Crippen molar-refractivity contribution in [3.63, 3.8) is 0 Å². The maximum atomic E-state index is 11.2. The Bertz CT molecular complexity index is 182. The molecule has 1 fully saturated rings. The molecule has 1 heterocycles. The number of piperidine rings is 1. The number of rotatable bonds is 2. The van der Waals surface area contributed by atoms with E-state index in [2.05, 4.69) is 0 Å². The summed E-state index contributed by atoms with van der Waals surface area (Å²) in [6.07, 6.45) is 1.96. The van der Waals surface area contributed by atoms with Crippen LogP contribution in [0.1, 0.15) is 32.6 Å². The van der Waals surface area contributed by atoms with Gasteiger partial charge in [0.05, 0.1) is 0 Å². The number of nitrogens with zero attached hydrogens (tertiary/aromatic N) is 1. The van der Waals surface area contributed by atoms with Gasteiger partial charge in [0, 0.05) is 25.9 Å². The molecule has 0 aromatic heterocycles. The Morgan fingerprint density at radius 1 is 1.54 bits per heavy atom. The third kappa shape index (κ3) is 2.97. The predicted octanol–water partition coefficient (Wildman–Crippen LogP) is 0.0882. The van der Waals surface area contributed by atoms with Crippen LogP contribution in [0.4, 0.5) is 0 Å². The summed E-state index contributed by atoms with van der Waals surface area (Å²) in [5.41, 5.74) is 0. The van der Waals surface area contributed by atoms with Gasteiger partial charge in [-0.05, 0) is 19.3 Å². The summed E-state index contributed by atoms with van der Waals surface area (Å²) >= 11 is 0. The number of amides is 1. The summed E-state index contributed by atoms with van der Waals surface area (Å²) < 4.78 is 0. The van der Waals surface area contributed by atoms with Gasteiger partial charge in [-0.1, -0.05) is 0 Å². The Balaban J connectivity index is 2.51. The van der Waals surface area contributed by atoms with E-state index < -0.39 is 6.29 Å². The van der Waals surface area contributed by atoms with E-state index in [4.69, 9.17) is 10.2 Å². The summed E-state index contributed by atoms with van der Waals surface area (Å²) in [5, 5.41) is 17.6. The summed E-state index contributed by atoms with van der Waals surface area (Å²) in [6, 6.07) is 0.0197. The van der Waals surface area contributed by atoms with E-state index in [-0.39, 0.29) is 18.4 Å². The SMILES string of the molecule is CC(=O)N1CCCCC1CC(O)O. The first-order valence-electron chi connectivity index (χ1n) is 4.74. The quantitative estimate of drug-likeness (QED) is 0.602. The van der Waals surface area contributed by atoms with Gasteiger partial charge in [0.15, 0.2) is 6.29 Å². The lowest BCUT2D eigenvalue weighted by Crippen LogP contribution is -2.44. The highest BCUT2D eigenvalue weighted by molar-refractivity contribution is 5.73. The van der Waals surface area contributed by atoms with Gasteiger partial charge >= 0.3 is 0 Å². The Hall–Kier alpha value is -0.610. The zero-order chi connectivity index (χ0) is 9.84. The smallest absolute Gasteiger partial charge is 0.219 e. The number of carbonyl (C=O) groups is 1. The van der Waals surface area contributed by atoms with Crippen LogP contribution in [0.15, 0.2) is 0 Å². The molecule has 2 N–H and O–H groups in total. The molecule has 0 aliphatic carbocycles. The molecule has 1 amide bonds. The molecule has 0 aromatic rings. The molecule has 4 nitrogen and oxygen atoms in total.